The minimum absolute atomic E-state index is 0.0361. The van der Waals surface area contributed by atoms with Crippen LogP contribution in [0, 0.1) is 6.92 Å². The van der Waals surface area contributed by atoms with E-state index in [0.29, 0.717) is 17.9 Å². The molecule has 136 valence electrons. The van der Waals surface area contributed by atoms with Crippen molar-refractivity contribution in [3.63, 3.8) is 0 Å². The van der Waals surface area contributed by atoms with Crippen molar-refractivity contribution < 1.29 is 9.53 Å². The number of carbonyl (C=O) groups excluding carboxylic acids is 1. The molecule has 1 aliphatic heterocycles. The van der Waals surface area contributed by atoms with Gasteiger partial charge in [-0.05, 0) is 48.2 Å². The smallest absolute Gasteiger partial charge is 0.254 e. The monoisotopic (exact) mass is 357 g/mol. The van der Waals surface area contributed by atoms with E-state index in [1.807, 2.05) is 29.2 Å². The van der Waals surface area contributed by atoms with Crippen LogP contribution in [0.1, 0.15) is 38.7 Å². The Hall–Kier alpha value is -3.07. The lowest BCUT2D eigenvalue weighted by Gasteiger charge is -2.38. The summed E-state index contributed by atoms with van der Waals surface area (Å²) in [7, 11) is 1.62. The van der Waals surface area contributed by atoms with Crippen molar-refractivity contribution in [1.29, 1.82) is 0 Å². The molecule has 3 heteroatoms. The molecular formula is C24H23NO2. The van der Waals surface area contributed by atoms with Crippen molar-refractivity contribution in [3.05, 3.63) is 101 Å². The van der Waals surface area contributed by atoms with Crippen molar-refractivity contribution in [2.24, 2.45) is 0 Å². The Morgan fingerprint density at radius 1 is 1.00 bits per heavy atom. The number of hydrogen-bond donors (Lipinski definition) is 0. The van der Waals surface area contributed by atoms with Gasteiger partial charge < -0.3 is 9.64 Å². The molecule has 3 aromatic carbocycles. The van der Waals surface area contributed by atoms with E-state index in [2.05, 4.69) is 55.5 Å². The molecule has 1 amide bonds. The minimum atomic E-state index is -0.0748. The topological polar surface area (TPSA) is 29.5 Å². The molecule has 1 heterocycles. The summed E-state index contributed by atoms with van der Waals surface area (Å²) in [6.45, 7) is 2.78. The first-order chi connectivity index (χ1) is 13.2. The highest BCUT2D eigenvalue weighted by atomic mass is 16.5. The van der Waals surface area contributed by atoms with E-state index in [0.717, 1.165) is 12.0 Å². The van der Waals surface area contributed by atoms with Crippen LogP contribution < -0.4 is 4.74 Å². The zero-order chi connectivity index (χ0) is 18.8. The molecule has 0 aliphatic carbocycles. The molecule has 0 saturated carbocycles. The molecule has 0 radical (unpaired) electrons. The molecule has 0 spiro atoms. The second-order valence-electron chi connectivity index (χ2n) is 6.99. The third kappa shape index (κ3) is 3.33. The average molecular weight is 357 g/mol. The molecule has 3 nitrogen and oxygen atoms in total. The third-order valence-corrected chi connectivity index (χ3v) is 5.25. The molecule has 0 N–H and O–H groups in total. The maximum atomic E-state index is 13.4. The predicted octanol–water partition coefficient (Wildman–Crippen LogP) is 4.79. The quantitative estimate of drug-likeness (QED) is 0.674. The van der Waals surface area contributed by atoms with Gasteiger partial charge in [0.25, 0.3) is 5.91 Å². The fraction of sp³-hybridized carbons (Fsp3) is 0.208. The molecular weight excluding hydrogens is 334 g/mol. The van der Waals surface area contributed by atoms with Crippen LogP contribution in [0.4, 0.5) is 0 Å². The van der Waals surface area contributed by atoms with Gasteiger partial charge >= 0.3 is 0 Å². The number of hydrogen-bond acceptors (Lipinski definition) is 2. The molecule has 0 saturated heterocycles. The number of carbonyl (C=O) groups is 1. The first kappa shape index (κ1) is 17.3. The number of rotatable bonds is 3. The molecule has 0 fully saturated rings. The number of benzene rings is 3. The summed E-state index contributed by atoms with van der Waals surface area (Å²) < 4.78 is 5.30. The molecule has 1 atom stereocenters. The van der Waals surface area contributed by atoms with Gasteiger partial charge in [0.05, 0.1) is 13.2 Å². The summed E-state index contributed by atoms with van der Waals surface area (Å²) in [5.74, 6) is 0.735. The van der Waals surface area contributed by atoms with Crippen LogP contribution in [0.3, 0.4) is 0 Å². The third-order valence-electron chi connectivity index (χ3n) is 5.25. The van der Waals surface area contributed by atoms with Gasteiger partial charge in [-0.25, -0.2) is 0 Å². The van der Waals surface area contributed by atoms with Gasteiger partial charge in [0.15, 0.2) is 0 Å². The van der Waals surface area contributed by atoms with Crippen LogP contribution in [0.25, 0.3) is 0 Å². The highest BCUT2D eigenvalue weighted by Crippen LogP contribution is 2.36. The van der Waals surface area contributed by atoms with E-state index in [4.69, 9.17) is 4.74 Å². The maximum absolute atomic E-state index is 13.4. The Kier molecular flexibility index (Phi) is 4.68. The highest BCUT2D eigenvalue weighted by Gasteiger charge is 2.32. The molecule has 1 aliphatic rings. The van der Waals surface area contributed by atoms with E-state index >= 15 is 0 Å². The van der Waals surface area contributed by atoms with Crippen molar-refractivity contribution in [2.45, 2.75) is 19.4 Å². The first-order valence-electron chi connectivity index (χ1n) is 9.27. The lowest BCUT2D eigenvalue weighted by atomic mass is 9.87. The van der Waals surface area contributed by atoms with Crippen LogP contribution in [-0.2, 0) is 6.42 Å². The summed E-state index contributed by atoms with van der Waals surface area (Å²) in [5, 5.41) is 0. The van der Waals surface area contributed by atoms with Gasteiger partial charge in [-0.3, -0.25) is 4.79 Å². The van der Waals surface area contributed by atoms with Crippen molar-refractivity contribution >= 4 is 5.91 Å². The number of aryl methyl sites for hydroxylation is 1. The fourth-order valence-electron chi connectivity index (χ4n) is 3.82. The van der Waals surface area contributed by atoms with Crippen molar-refractivity contribution in [3.8, 4) is 5.75 Å². The Labute approximate surface area is 160 Å². The first-order valence-corrected chi connectivity index (χ1v) is 9.27. The number of amides is 1. The van der Waals surface area contributed by atoms with E-state index in [1.54, 1.807) is 7.11 Å². The fourth-order valence-corrected chi connectivity index (χ4v) is 3.82. The Morgan fingerprint density at radius 2 is 1.78 bits per heavy atom. The molecule has 0 unspecified atom stereocenters. The summed E-state index contributed by atoms with van der Waals surface area (Å²) >= 11 is 0. The molecule has 0 bridgehead atoms. The molecule has 3 aromatic rings. The summed E-state index contributed by atoms with van der Waals surface area (Å²) in [6, 6.07) is 24.3. The van der Waals surface area contributed by atoms with E-state index < -0.39 is 0 Å². The summed E-state index contributed by atoms with van der Waals surface area (Å²) in [5.41, 5.74) is 5.55. The highest BCUT2D eigenvalue weighted by molar-refractivity contribution is 5.95. The number of fused-ring (bicyclic) bond motifs is 1. The van der Waals surface area contributed by atoms with Gasteiger partial charge in [-0.2, -0.15) is 0 Å². The molecule has 27 heavy (non-hydrogen) atoms. The number of ether oxygens (including phenoxy) is 1. The Balaban J connectivity index is 1.78. The van der Waals surface area contributed by atoms with Crippen LogP contribution in [0.5, 0.6) is 5.75 Å². The SMILES string of the molecule is COc1cccc(C(=O)N2CCc3ccccc3[C@H]2c2ccc(C)cc2)c1. The molecule has 0 aromatic heterocycles. The van der Waals surface area contributed by atoms with Gasteiger partial charge in [0.2, 0.25) is 0 Å². The Bertz CT molecular complexity index is 962. The summed E-state index contributed by atoms with van der Waals surface area (Å²) in [4.78, 5) is 15.4. The minimum Gasteiger partial charge on any atom is -0.497 e. The predicted molar refractivity (Wildman–Crippen MR) is 107 cm³/mol. The lowest BCUT2D eigenvalue weighted by molar-refractivity contribution is 0.0694. The molecule has 4 rings (SSSR count). The van der Waals surface area contributed by atoms with Crippen LogP contribution in [0.2, 0.25) is 0 Å². The van der Waals surface area contributed by atoms with Crippen LogP contribution in [0.15, 0.2) is 72.8 Å². The van der Waals surface area contributed by atoms with Crippen molar-refractivity contribution in [2.75, 3.05) is 13.7 Å². The Morgan fingerprint density at radius 3 is 2.56 bits per heavy atom. The van der Waals surface area contributed by atoms with Crippen molar-refractivity contribution in [1.82, 2.24) is 4.90 Å². The second-order valence-corrected chi connectivity index (χ2v) is 6.99. The maximum Gasteiger partial charge on any atom is 0.254 e. The normalized spacial score (nSPS) is 15.9. The zero-order valence-electron chi connectivity index (χ0n) is 15.7. The van der Waals surface area contributed by atoms with Gasteiger partial charge in [-0.1, -0.05) is 60.2 Å². The van der Waals surface area contributed by atoms with Gasteiger partial charge in [0, 0.05) is 12.1 Å². The standard InChI is InChI=1S/C24H23NO2/c1-17-10-12-19(13-11-17)23-22-9-4-3-6-18(22)14-15-25(23)24(26)20-7-5-8-21(16-20)27-2/h3-13,16,23H,14-15H2,1-2H3/t23-/m1/s1. The van der Waals surface area contributed by atoms with Crippen LogP contribution >= 0.6 is 0 Å². The summed E-state index contributed by atoms with van der Waals surface area (Å²) in [6.07, 6.45) is 0.869. The lowest BCUT2D eigenvalue weighted by Crippen LogP contribution is -2.40. The second kappa shape index (κ2) is 7.28. The van der Waals surface area contributed by atoms with E-state index in [9.17, 15) is 4.79 Å². The van der Waals surface area contributed by atoms with E-state index in [1.165, 1.54) is 16.7 Å². The van der Waals surface area contributed by atoms with E-state index in [-0.39, 0.29) is 11.9 Å². The van der Waals surface area contributed by atoms with Crippen LogP contribution in [-0.4, -0.2) is 24.5 Å². The zero-order valence-corrected chi connectivity index (χ0v) is 15.7. The number of nitrogens with zero attached hydrogens (tertiary/aromatic N) is 1. The van der Waals surface area contributed by atoms with Gasteiger partial charge in [0.1, 0.15) is 5.75 Å². The largest absolute Gasteiger partial charge is 0.497 e. The number of methoxy groups -OCH3 is 1. The van der Waals surface area contributed by atoms with Gasteiger partial charge in [-0.15, -0.1) is 0 Å². The average Bonchev–Trinajstić information content (AvgIpc) is 2.73.